The fourth-order valence-corrected chi connectivity index (χ4v) is 2.28. The molecule has 6 nitrogen and oxygen atoms in total. The molecule has 1 fully saturated rings. The zero-order valence-corrected chi connectivity index (χ0v) is 11.1. The van der Waals surface area contributed by atoms with Crippen LogP contribution in [0.3, 0.4) is 0 Å². The molecule has 0 bridgehead atoms. The summed E-state index contributed by atoms with van der Waals surface area (Å²) in [6.45, 7) is 5.68. The topological polar surface area (TPSA) is 75.8 Å². The van der Waals surface area contributed by atoms with Crippen molar-refractivity contribution in [2.24, 2.45) is 0 Å². The Morgan fingerprint density at radius 1 is 1.53 bits per heavy atom. The van der Waals surface area contributed by atoms with Crippen LogP contribution in [0.15, 0.2) is 24.3 Å². The van der Waals surface area contributed by atoms with Crippen molar-refractivity contribution in [2.45, 2.75) is 25.7 Å². The van der Waals surface area contributed by atoms with Crippen LogP contribution < -0.4 is 0 Å². The fourth-order valence-electron chi connectivity index (χ4n) is 2.28. The molecule has 0 amide bonds. The second kappa shape index (κ2) is 5.24. The molecule has 1 aliphatic heterocycles. The van der Waals surface area contributed by atoms with Crippen LogP contribution in [0.2, 0.25) is 0 Å². The van der Waals surface area contributed by atoms with Gasteiger partial charge in [-0.25, -0.2) is 0 Å². The zero-order valence-electron chi connectivity index (χ0n) is 11.1. The highest BCUT2D eigenvalue weighted by molar-refractivity contribution is 5.35. The third-order valence-electron chi connectivity index (χ3n) is 3.54. The third-order valence-corrected chi connectivity index (χ3v) is 3.54. The minimum Gasteiger partial charge on any atom is -0.361 e. The standard InChI is InChI=1S/C13H18N2O4/c1-3-14-9-13(16,19-8-10(14)2)11-4-6-12(7-5-11)15(17)18/h4-7,10,16H,3,8-9H2,1-2H3. The van der Waals surface area contributed by atoms with Gasteiger partial charge < -0.3 is 9.84 Å². The number of hydrogen-bond donors (Lipinski definition) is 1. The summed E-state index contributed by atoms with van der Waals surface area (Å²) in [6, 6.07) is 6.10. The molecule has 2 atom stereocenters. The predicted octanol–water partition coefficient (Wildman–Crippen LogP) is 1.48. The lowest BCUT2D eigenvalue weighted by Gasteiger charge is -2.42. The van der Waals surface area contributed by atoms with Crippen molar-refractivity contribution >= 4 is 5.69 Å². The van der Waals surface area contributed by atoms with E-state index in [1.807, 2.05) is 13.8 Å². The first kappa shape index (κ1) is 13.9. The Hall–Kier alpha value is -1.50. The van der Waals surface area contributed by atoms with Crippen LogP contribution in [0.4, 0.5) is 5.69 Å². The third kappa shape index (κ3) is 2.75. The molecule has 0 radical (unpaired) electrons. The van der Waals surface area contributed by atoms with E-state index in [0.29, 0.717) is 18.7 Å². The van der Waals surface area contributed by atoms with Gasteiger partial charge >= 0.3 is 0 Å². The summed E-state index contributed by atoms with van der Waals surface area (Å²) in [5.74, 6) is -1.39. The summed E-state index contributed by atoms with van der Waals surface area (Å²) in [7, 11) is 0. The Kier molecular flexibility index (Phi) is 3.84. The molecule has 1 heterocycles. The lowest BCUT2D eigenvalue weighted by molar-refractivity contribution is -0.384. The normalized spacial score (nSPS) is 28.3. The maximum atomic E-state index is 10.6. The smallest absolute Gasteiger partial charge is 0.269 e. The Morgan fingerprint density at radius 2 is 2.16 bits per heavy atom. The largest absolute Gasteiger partial charge is 0.361 e. The molecule has 1 aromatic rings. The molecule has 0 aliphatic carbocycles. The number of rotatable bonds is 3. The minimum atomic E-state index is -1.39. The van der Waals surface area contributed by atoms with Crippen LogP contribution in [-0.4, -0.2) is 40.7 Å². The van der Waals surface area contributed by atoms with E-state index in [1.165, 1.54) is 12.1 Å². The number of nitro benzene ring substituents is 1. The molecule has 1 aliphatic rings. The number of likely N-dealkylation sites (N-methyl/N-ethyl adjacent to an activating group) is 1. The molecule has 19 heavy (non-hydrogen) atoms. The molecule has 0 spiro atoms. The van der Waals surface area contributed by atoms with E-state index in [2.05, 4.69) is 4.90 Å². The number of hydrogen-bond acceptors (Lipinski definition) is 5. The maximum absolute atomic E-state index is 10.6. The highest BCUT2D eigenvalue weighted by Crippen LogP contribution is 2.30. The monoisotopic (exact) mass is 266 g/mol. The van der Waals surface area contributed by atoms with Crippen molar-refractivity contribution in [2.75, 3.05) is 19.7 Å². The van der Waals surface area contributed by atoms with Crippen LogP contribution in [-0.2, 0) is 10.5 Å². The first-order valence-corrected chi connectivity index (χ1v) is 6.31. The Labute approximate surface area is 111 Å². The maximum Gasteiger partial charge on any atom is 0.269 e. The van der Waals surface area contributed by atoms with Gasteiger partial charge in [0.15, 0.2) is 0 Å². The second-order valence-electron chi connectivity index (χ2n) is 4.81. The van der Waals surface area contributed by atoms with Gasteiger partial charge in [-0.2, -0.15) is 0 Å². The van der Waals surface area contributed by atoms with E-state index in [9.17, 15) is 15.2 Å². The van der Waals surface area contributed by atoms with Crippen molar-refractivity contribution in [3.05, 3.63) is 39.9 Å². The van der Waals surface area contributed by atoms with Gasteiger partial charge in [0.25, 0.3) is 5.69 Å². The quantitative estimate of drug-likeness (QED) is 0.662. The molecule has 2 unspecified atom stereocenters. The lowest BCUT2D eigenvalue weighted by atomic mass is 10.0. The first-order valence-electron chi connectivity index (χ1n) is 6.31. The van der Waals surface area contributed by atoms with Crippen molar-refractivity contribution in [1.29, 1.82) is 0 Å². The van der Waals surface area contributed by atoms with E-state index < -0.39 is 10.7 Å². The summed E-state index contributed by atoms with van der Waals surface area (Å²) >= 11 is 0. The molecule has 6 heteroatoms. The van der Waals surface area contributed by atoms with Gasteiger partial charge in [-0.05, 0) is 25.6 Å². The van der Waals surface area contributed by atoms with E-state index in [4.69, 9.17) is 4.74 Å². The van der Waals surface area contributed by atoms with Gasteiger partial charge in [0.05, 0.1) is 18.1 Å². The number of β-amino-alcohol motifs (C(OH)–C–C–N with tert-alkyl or cyclic N) is 1. The van der Waals surface area contributed by atoms with Crippen molar-refractivity contribution < 1.29 is 14.8 Å². The van der Waals surface area contributed by atoms with Crippen LogP contribution in [0.1, 0.15) is 19.4 Å². The Bertz CT molecular complexity index is 462. The molecular weight excluding hydrogens is 248 g/mol. The molecule has 104 valence electrons. The Morgan fingerprint density at radius 3 is 2.68 bits per heavy atom. The number of ether oxygens (including phenoxy) is 1. The molecule has 0 saturated carbocycles. The molecule has 0 aromatic heterocycles. The number of nitrogens with zero attached hydrogens (tertiary/aromatic N) is 2. The van der Waals surface area contributed by atoms with Crippen LogP contribution in [0.25, 0.3) is 0 Å². The van der Waals surface area contributed by atoms with E-state index in [-0.39, 0.29) is 11.7 Å². The van der Waals surface area contributed by atoms with Crippen molar-refractivity contribution in [1.82, 2.24) is 4.90 Å². The number of aliphatic hydroxyl groups is 1. The van der Waals surface area contributed by atoms with E-state index >= 15 is 0 Å². The summed E-state index contributed by atoms with van der Waals surface area (Å²) < 4.78 is 5.54. The van der Waals surface area contributed by atoms with Gasteiger partial charge in [0.2, 0.25) is 5.79 Å². The zero-order chi connectivity index (χ0) is 14.0. The first-order chi connectivity index (χ1) is 8.96. The number of morpholine rings is 1. The fraction of sp³-hybridized carbons (Fsp3) is 0.538. The summed E-state index contributed by atoms with van der Waals surface area (Å²) in [6.07, 6.45) is 0. The molecule has 2 rings (SSSR count). The lowest BCUT2D eigenvalue weighted by Crippen LogP contribution is -2.53. The number of non-ortho nitro benzene ring substituents is 1. The number of nitro groups is 1. The Balaban J connectivity index is 2.22. The number of benzene rings is 1. The van der Waals surface area contributed by atoms with E-state index in [0.717, 1.165) is 6.54 Å². The van der Waals surface area contributed by atoms with Gasteiger partial charge in [0.1, 0.15) is 0 Å². The van der Waals surface area contributed by atoms with Gasteiger partial charge in [-0.1, -0.05) is 6.92 Å². The van der Waals surface area contributed by atoms with Crippen molar-refractivity contribution in [3.63, 3.8) is 0 Å². The summed E-state index contributed by atoms with van der Waals surface area (Å²) in [5, 5.41) is 21.2. The highest BCUT2D eigenvalue weighted by atomic mass is 16.6. The average Bonchev–Trinajstić information content (AvgIpc) is 2.42. The van der Waals surface area contributed by atoms with Crippen LogP contribution in [0, 0.1) is 10.1 Å². The van der Waals surface area contributed by atoms with E-state index in [1.54, 1.807) is 12.1 Å². The predicted molar refractivity (Wildman–Crippen MR) is 69.7 cm³/mol. The average molecular weight is 266 g/mol. The molecule has 1 saturated heterocycles. The summed E-state index contributed by atoms with van der Waals surface area (Å²) in [4.78, 5) is 12.3. The summed E-state index contributed by atoms with van der Waals surface area (Å²) in [5.41, 5.74) is 0.548. The van der Waals surface area contributed by atoms with Crippen LogP contribution in [0.5, 0.6) is 0 Å². The minimum absolute atomic E-state index is 0.00359. The highest BCUT2D eigenvalue weighted by Gasteiger charge is 2.38. The van der Waals surface area contributed by atoms with Gasteiger partial charge in [-0.15, -0.1) is 0 Å². The van der Waals surface area contributed by atoms with Gasteiger partial charge in [-0.3, -0.25) is 15.0 Å². The molecule has 1 aromatic carbocycles. The van der Waals surface area contributed by atoms with Gasteiger partial charge in [0, 0.05) is 23.7 Å². The SMILES string of the molecule is CCN1CC(O)(c2ccc([N+](=O)[O-])cc2)OCC1C. The van der Waals surface area contributed by atoms with Crippen molar-refractivity contribution in [3.8, 4) is 0 Å². The second-order valence-corrected chi connectivity index (χ2v) is 4.81. The molecular formula is C13H18N2O4. The molecule has 1 N–H and O–H groups in total. The van der Waals surface area contributed by atoms with Crippen LogP contribution >= 0.6 is 0 Å².